The summed E-state index contributed by atoms with van der Waals surface area (Å²) in [6.45, 7) is 1.62. The minimum absolute atomic E-state index is 0.0982. The number of aromatic nitrogens is 7. The molecule has 0 radical (unpaired) electrons. The topological polar surface area (TPSA) is 114 Å². The van der Waals surface area contributed by atoms with Crippen LogP contribution in [0.2, 0.25) is 0 Å². The Labute approximate surface area is 237 Å². The van der Waals surface area contributed by atoms with Crippen molar-refractivity contribution in [3.05, 3.63) is 82.8 Å². The fourth-order valence-corrected chi connectivity index (χ4v) is 7.41. The van der Waals surface area contributed by atoms with Crippen molar-refractivity contribution in [2.24, 2.45) is 18.2 Å². The number of benzene rings is 1. The van der Waals surface area contributed by atoms with Crippen molar-refractivity contribution in [2.45, 2.75) is 50.5 Å². The molecule has 3 N–H and O–H groups in total. The molecule has 41 heavy (non-hydrogen) atoms. The van der Waals surface area contributed by atoms with E-state index < -0.39 is 0 Å². The van der Waals surface area contributed by atoms with E-state index in [2.05, 4.69) is 27.2 Å². The number of piperidine rings is 1. The highest BCUT2D eigenvalue weighted by atomic mass is 19.1. The second-order valence-electron chi connectivity index (χ2n) is 11.9. The molecule has 10 heteroatoms. The van der Waals surface area contributed by atoms with Crippen molar-refractivity contribution < 1.29 is 4.39 Å². The van der Waals surface area contributed by atoms with Crippen molar-refractivity contribution in [1.29, 1.82) is 0 Å². The normalized spacial score (nSPS) is 21.4. The maximum absolute atomic E-state index is 14.6. The first-order valence-electron chi connectivity index (χ1n) is 14.5. The summed E-state index contributed by atoms with van der Waals surface area (Å²) in [7, 11) is 1.92. The first-order chi connectivity index (χ1) is 20.0. The van der Waals surface area contributed by atoms with Crippen LogP contribution >= 0.6 is 0 Å². The first kappa shape index (κ1) is 24.6. The van der Waals surface area contributed by atoms with Crippen molar-refractivity contribution in [2.75, 3.05) is 18.0 Å². The highest BCUT2D eigenvalue weighted by molar-refractivity contribution is 5.76. The van der Waals surface area contributed by atoms with E-state index in [1.54, 1.807) is 10.7 Å². The molecule has 4 aromatic heterocycles. The molecular formula is C31H32FN9. The van der Waals surface area contributed by atoms with Gasteiger partial charge in [-0.05, 0) is 67.2 Å². The molecular weight excluding hydrogens is 517 g/mol. The first-order valence-corrected chi connectivity index (χ1v) is 14.5. The highest BCUT2D eigenvalue weighted by Gasteiger charge is 2.47. The van der Waals surface area contributed by atoms with E-state index in [0.29, 0.717) is 11.2 Å². The van der Waals surface area contributed by atoms with E-state index in [9.17, 15) is 4.39 Å². The zero-order chi connectivity index (χ0) is 27.7. The van der Waals surface area contributed by atoms with Crippen LogP contribution in [0.15, 0.2) is 48.9 Å². The Morgan fingerprint density at radius 1 is 1.10 bits per heavy atom. The molecule has 1 unspecified atom stereocenters. The quantitative estimate of drug-likeness (QED) is 0.338. The molecule has 0 saturated carbocycles. The molecule has 5 heterocycles. The van der Waals surface area contributed by atoms with Crippen LogP contribution in [0, 0.1) is 11.2 Å². The van der Waals surface area contributed by atoms with Crippen LogP contribution in [0.1, 0.15) is 65.7 Å². The lowest BCUT2D eigenvalue weighted by Crippen LogP contribution is -2.44. The average Bonchev–Trinajstić information content (AvgIpc) is 3.69. The van der Waals surface area contributed by atoms with Gasteiger partial charge in [0, 0.05) is 55.1 Å². The summed E-state index contributed by atoms with van der Waals surface area (Å²) in [5, 5.41) is 12.2. The number of anilines is 1. The number of rotatable bonds is 3. The maximum atomic E-state index is 14.6. The zero-order valence-corrected chi connectivity index (χ0v) is 23.0. The lowest BCUT2D eigenvalue weighted by Gasteiger charge is -2.42. The third kappa shape index (κ3) is 3.88. The Balaban J connectivity index is 1.03. The number of H-pyrrole nitrogens is 1. The fraction of sp³-hybridized carbons (Fsp3) is 0.387. The van der Waals surface area contributed by atoms with Crippen molar-refractivity contribution in [3.63, 3.8) is 0 Å². The number of aryl methyl sites for hydroxylation is 2. The van der Waals surface area contributed by atoms with E-state index in [0.717, 1.165) is 91.2 Å². The van der Waals surface area contributed by atoms with Gasteiger partial charge < -0.3 is 10.6 Å². The van der Waals surface area contributed by atoms with Gasteiger partial charge in [0.15, 0.2) is 5.65 Å². The number of aromatic amines is 1. The van der Waals surface area contributed by atoms with Crippen molar-refractivity contribution in [1.82, 2.24) is 34.9 Å². The number of pyridine rings is 1. The molecule has 1 fully saturated rings. The summed E-state index contributed by atoms with van der Waals surface area (Å²) >= 11 is 0. The van der Waals surface area contributed by atoms with Crippen LogP contribution < -0.4 is 10.6 Å². The van der Waals surface area contributed by atoms with Gasteiger partial charge in [-0.25, -0.2) is 14.4 Å². The predicted octanol–water partition coefficient (Wildman–Crippen LogP) is 4.60. The van der Waals surface area contributed by atoms with Crippen molar-refractivity contribution in [3.8, 4) is 11.3 Å². The second kappa shape index (κ2) is 9.17. The van der Waals surface area contributed by atoms with Crippen molar-refractivity contribution >= 4 is 17.0 Å². The molecule has 0 amide bonds. The van der Waals surface area contributed by atoms with E-state index in [1.807, 2.05) is 31.7 Å². The molecule has 1 saturated heterocycles. The molecule has 9 nitrogen and oxygen atoms in total. The minimum atomic E-state index is -0.266. The van der Waals surface area contributed by atoms with Crippen LogP contribution in [0.5, 0.6) is 0 Å². The van der Waals surface area contributed by atoms with E-state index >= 15 is 0 Å². The number of nitrogens with two attached hydrogens (primary N) is 1. The number of nitrogens with zero attached hydrogens (tertiary/aromatic N) is 7. The number of hydrogen-bond donors (Lipinski definition) is 2. The summed E-state index contributed by atoms with van der Waals surface area (Å²) < 4.78 is 16.4. The van der Waals surface area contributed by atoms with E-state index in [-0.39, 0.29) is 23.2 Å². The van der Waals surface area contributed by atoms with Gasteiger partial charge in [-0.1, -0.05) is 18.2 Å². The van der Waals surface area contributed by atoms with E-state index in [1.165, 1.54) is 11.6 Å². The minimum Gasteiger partial charge on any atom is -0.355 e. The number of halogens is 1. The third-order valence-corrected chi connectivity index (χ3v) is 9.65. The predicted molar refractivity (Wildman–Crippen MR) is 154 cm³/mol. The van der Waals surface area contributed by atoms with Crippen LogP contribution in [-0.4, -0.2) is 48.0 Å². The summed E-state index contributed by atoms with van der Waals surface area (Å²) in [4.78, 5) is 17.1. The summed E-state index contributed by atoms with van der Waals surface area (Å²) in [6.07, 6.45) is 11.3. The van der Waals surface area contributed by atoms with Gasteiger partial charge in [0.2, 0.25) is 0 Å². The molecule has 3 aliphatic rings. The van der Waals surface area contributed by atoms with Gasteiger partial charge >= 0.3 is 0 Å². The standard InChI is InChI=1S/C31H32FN9/c1-40-17-19(15-35-40)23-9-8-20-21(5-3-7-24(20)36-23)27-28-30(39-38-27)37-25(16-34-28)41-12-10-31(11-13-41)14-18-4-2-6-22(32)26(18)29(31)33/h2,4,6,8-9,15-17,21,29H,3,5,7,10-14,33H2,1H3,(H,37,38,39)/t21?,29-/m1/s1. The molecule has 1 aromatic carbocycles. The number of nitrogens with one attached hydrogen (secondary N) is 1. The number of hydrogen-bond acceptors (Lipinski definition) is 7. The summed E-state index contributed by atoms with van der Waals surface area (Å²) in [5.74, 6) is 0.791. The lowest BCUT2D eigenvalue weighted by molar-refractivity contribution is 0.185. The molecule has 1 spiro atoms. The molecule has 0 bridgehead atoms. The Morgan fingerprint density at radius 2 is 1.98 bits per heavy atom. The molecule has 2 atom stereocenters. The molecule has 5 aromatic rings. The summed E-state index contributed by atoms with van der Waals surface area (Å²) in [6, 6.07) is 9.35. The van der Waals surface area contributed by atoms with Crippen LogP contribution in [0.25, 0.3) is 22.4 Å². The van der Waals surface area contributed by atoms with Gasteiger partial charge in [-0.2, -0.15) is 10.2 Å². The Morgan fingerprint density at radius 3 is 2.78 bits per heavy atom. The third-order valence-electron chi connectivity index (χ3n) is 9.65. The average molecular weight is 550 g/mol. The van der Waals surface area contributed by atoms with Crippen LogP contribution in [-0.2, 0) is 19.9 Å². The Bertz CT molecular complexity index is 1780. The smallest absolute Gasteiger partial charge is 0.176 e. The van der Waals surface area contributed by atoms with E-state index in [4.69, 9.17) is 25.8 Å². The van der Waals surface area contributed by atoms with Gasteiger partial charge in [0.1, 0.15) is 17.2 Å². The van der Waals surface area contributed by atoms with Crippen LogP contribution in [0.3, 0.4) is 0 Å². The lowest BCUT2D eigenvalue weighted by atomic mass is 9.73. The molecule has 8 rings (SSSR count). The molecule has 1 aliphatic heterocycles. The monoisotopic (exact) mass is 549 g/mol. The summed E-state index contributed by atoms with van der Waals surface area (Å²) in [5.41, 5.74) is 15.1. The van der Waals surface area contributed by atoms with Gasteiger partial charge in [0.05, 0.1) is 23.8 Å². The van der Waals surface area contributed by atoms with Crippen LogP contribution in [0.4, 0.5) is 10.2 Å². The Kier molecular flexibility index (Phi) is 5.50. The maximum Gasteiger partial charge on any atom is 0.176 e. The van der Waals surface area contributed by atoms with Gasteiger partial charge in [-0.15, -0.1) is 0 Å². The second-order valence-corrected chi connectivity index (χ2v) is 11.9. The SMILES string of the molecule is Cn1cc(-c2ccc3c(n2)CCCC3c2n[nH]c3nc(N4CCC5(CC4)Cc4cccc(F)c4[C@H]5N)cnc23)cn1. The largest absolute Gasteiger partial charge is 0.355 e. The fourth-order valence-electron chi connectivity index (χ4n) is 7.41. The Hall–Kier alpha value is -4.18. The highest BCUT2D eigenvalue weighted by Crippen LogP contribution is 2.51. The molecule has 2 aliphatic carbocycles. The van der Waals surface area contributed by atoms with Gasteiger partial charge in [0.25, 0.3) is 0 Å². The number of fused-ring (bicyclic) bond motifs is 3. The zero-order valence-electron chi connectivity index (χ0n) is 23.0. The molecule has 208 valence electrons. The van der Waals surface area contributed by atoms with Gasteiger partial charge in [-0.3, -0.25) is 14.8 Å².